The van der Waals surface area contributed by atoms with Crippen molar-refractivity contribution < 1.29 is 14.3 Å². The number of nitrogens with zero attached hydrogens (tertiary/aromatic N) is 1. The number of para-hydroxylation sites is 1. The van der Waals surface area contributed by atoms with Crippen LogP contribution in [-0.2, 0) is 11.3 Å². The number of carbonyl (C=O) groups is 1. The third-order valence-electron chi connectivity index (χ3n) is 3.78. The van der Waals surface area contributed by atoms with Crippen LogP contribution in [0.2, 0.25) is 0 Å². The highest BCUT2D eigenvalue weighted by Gasteiger charge is 2.29. The van der Waals surface area contributed by atoms with E-state index in [1.165, 1.54) is 10.9 Å². The summed E-state index contributed by atoms with van der Waals surface area (Å²) in [5, 5.41) is 9.91. The van der Waals surface area contributed by atoms with Crippen LogP contribution in [-0.4, -0.2) is 29.1 Å². The Labute approximate surface area is 111 Å². The lowest BCUT2D eigenvalue weighted by molar-refractivity contribution is -0.139. The van der Waals surface area contributed by atoms with Gasteiger partial charge in [0.1, 0.15) is 11.3 Å². The van der Waals surface area contributed by atoms with Gasteiger partial charge in [0, 0.05) is 30.6 Å². The van der Waals surface area contributed by atoms with Crippen LogP contribution < -0.4 is 0 Å². The zero-order valence-corrected chi connectivity index (χ0v) is 10.9. The van der Waals surface area contributed by atoms with E-state index in [-0.39, 0.29) is 6.42 Å². The molecule has 1 fully saturated rings. The van der Waals surface area contributed by atoms with E-state index in [1.807, 2.05) is 25.1 Å². The molecule has 0 saturated carbocycles. The highest BCUT2D eigenvalue weighted by atomic mass is 16.4. The summed E-state index contributed by atoms with van der Waals surface area (Å²) in [7, 11) is 0. The minimum Gasteiger partial charge on any atom is -0.481 e. The van der Waals surface area contributed by atoms with Crippen LogP contribution in [0, 0.1) is 12.8 Å². The molecule has 0 spiro atoms. The van der Waals surface area contributed by atoms with Gasteiger partial charge in [-0.3, -0.25) is 9.69 Å². The zero-order valence-electron chi connectivity index (χ0n) is 10.9. The summed E-state index contributed by atoms with van der Waals surface area (Å²) in [4.78, 5) is 12.9. The number of hydrogen-bond donors (Lipinski definition) is 1. The van der Waals surface area contributed by atoms with Gasteiger partial charge in [-0.1, -0.05) is 18.2 Å². The van der Waals surface area contributed by atoms with Crippen LogP contribution in [0.5, 0.6) is 0 Å². The Bertz CT molecular complexity index is 611. The first-order valence-electron chi connectivity index (χ1n) is 6.54. The van der Waals surface area contributed by atoms with Crippen LogP contribution in [0.15, 0.2) is 28.7 Å². The van der Waals surface area contributed by atoms with E-state index in [2.05, 4.69) is 11.0 Å². The standard InChI is InChI=1S/C15H17NO3/c1-10-13(12-4-2-3-5-14(12)19-10)9-16-7-11(8-16)6-15(17)18/h2-5,11H,6-9H2,1H3,(H,17,18). The summed E-state index contributed by atoms with van der Waals surface area (Å²) in [6, 6.07) is 8.05. The highest BCUT2D eigenvalue weighted by molar-refractivity contribution is 5.82. The van der Waals surface area contributed by atoms with Gasteiger partial charge in [-0.05, 0) is 18.9 Å². The van der Waals surface area contributed by atoms with Crippen molar-refractivity contribution in [1.82, 2.24) is 4.90 Å². The van der Waals surface area contributed by atoms with E-state index in [0.717, 1.165) is 31.0 Å². The van der Waals surface area contributed by atoms with E-state index < -0.39 is 5.97 Å². The van der Waals surface area contributed by atoms with Crippen LogP contribution in [0.3, 0.4) is 0 Å². The van der Waals surface area contributed by atoms with Gasteiger partial charge in [-0.15, -0.1) is 0 Å². The summed E-state index contributed by atoms with van der Waals surface area (Å²) < 4.78 is 5.74. The number of benzene rings is 1. The SMILES string of the molecule is Cc1oc2ccccc2c1CN1CC(CC(=O)O)C1. The molecule has 19 heavy (non-hydrogen) atoms. The van der Waals surface area contributed by atoms with Crippen molar-refractivity contribution in [1.29, 1.82) is 0 Å². The number of furan rings is 1. The molecule has 0 aliphatic carbocycles. The maximum Gasteiger partial charge on any atom is 0.303 e. The number of aryl methyl sites for hydroxylation is 1. The molecule has 1 saturated heterocycles. The topological polar surface area (TPSA) is 53.7 Å². The molecule has 0 radical (unpaired) electrons. The van der Waals surface area contributed by atoms with Gasteiger partial charge in [-0.25, -0.2) is 0 Å². The van der Waals surface area contributed by atoms with Gasteiger partial charge in [-0.2, -0.15) is 0 Å². The average molecular weight is 259 g/mol. The Kier molecular flexibility index (Phi) is 3.03. The quantitative estimate of drug-likeness (QED) is 0.917. The molecule has 0 amide bonds. The van der Waals surface area contributed by atoms with Gasteiger partial charge in [0.15, 0.2) is 0 Å². The Hall–Kier alpha value is -1.81. The third kappa shape index (κ3) is 2.36. The lowest BCUT2D eigenvalue weighted by atomic mass is 9.95. The van der Waals surface area contributed by atoms with Gasteiger partial charge >= 0.3 is 5.97 Å². The maximum atomic E-state index is 10.6. The van der Waals surface area contributed by atoms with Crippen molar-refractivity contribution in [3.8, 4) is 0 Å². The lowest BCUT2D eigenvalue weighted by Crippen LogP contribution is -2.46. The number of fused-ring (bicyclic) bond motifs is 1. The molecule has 4 heteroatoms. The molecular formula is C15H17NO3. The summed E-state index contributed by atoms with van der Waals surface area (Å²) in [5.41, 5.74) is 2.15. The van der Waals surface area contributed by atoms with Crippen molar-refractivity contribution in [2.45, 2.75) is 19.9 Å². The van der Waals surface area contributed by atoms with Gasteiger partial charge in [0.2, 0.25) is 0 Å². The molecular weight excluding hydrogens is 242 g/mol. The number of carboxylic acid groups (broad SMARTS) is 1. The predicted molar refractivity (Wildman–Crippen MR) is 72.0 cm³/mol. The molecule has 2 heterocycles. The molecule has 100 valence electrons. The normalized spacial score (nSPS) is 16.7. The molecule has 1 N–H and O–H groups in total. The first kappa shape index (κ1) is 12.2. The molecule has 3 rings (SSSR count). The van der Waals surface area contributed by atoms with Crippen molar-refractivity contribution in [2.24, 2.45) is 5.92 Å². The molecule has 0 unspecified atom stereocenters. The lowest BCUT2D eigenvalue weighted by Gasteiger charge is -2.38. The van der Waals surface area contributed by atoms with Gasteiger partial charge in [0.25, 0.3) is 0 Å². The summed E-state index contributed by atoms with van der Waals surface area (Å²) in [6.07, 6.45) is 0.279. The highest BCUT2D eigenvalue weighted by Crippen LogP contribution is 2.29. The van der Waals surface area contributed by atoms with Crippen molar-refractivity contribution in [3.63, 3.8) is 0 Å². The van der Waals surface area contributed by atoms with Crippen LogP contribution in [0.4, 0.5) is 0 Å². The van der Waals surface area contributed by atoms with Crippen LogP contribution in [0.25, 0.3) is 11.0 Å². The largest absolute Gasteiger partial charge is 0.481 e. The number of likely N-dealkylation sites (tertiary alicyclic amines) is 1. The van der Waals surface area contributed by atoms with Crippen molar-refractivity contribution in [3.05, 3.63) is 35.6 Å². The minimum atomic E-state index is -0.699. The minimum absolute atomic E-state index is 0.279. The smallest absolute Gasteiger partial charge is 0.303 e. The molecule has 1 aromatic carbocycles. The number of carboxylic acids is 1. The molecule has 2 aromatic rings. The zero-order chi connectivity index (χ0) is 13.4. The first-order chi connectivity index (χ1) is 9.13. The molecule has 0 atom stereocenters. The van der Waals surface area contributed by atoms with Gasteiger partial charge in [0.05, 0.1) is 6.42 Å². The van der Waals surface area contributed by atoms with E-state index in [1.54, 1.807) is 0 Å². The fourth-order valence-electron chi connectivity index (χ4n) is 2.82. The third-order valence-corrected chi connectivity index (χ3v) is 3.78. The molecule has 1 aliphatic heterocycles. The van der Waals surface area contributed by atoms with Crippen LogP contribution in [0.1, 0.15) is 17.7 Å². The molecule has 1 aromatic heterocycles. The van der Waals surface area contributed by atoms with Crippen LogP contribution >= 0.6 is 0 Å². The Balaban J connectivity index is 1.70. The Morgan fingerprint density at radius 1 is 1.42 bits per heavy atom. The monoisotopic (exact) mass is 259 g/mol. The fraction of sp³-hybridized carbons (Fsp3) is 0.400. The summed E-state index contributed by atoms with van der Waals surface area (Å²) >= 11 is 0. The maximum absolute atomic E-state index is 10.6. The van der Waals surface area contributed by atoms with E-state index in [4.69, 9.17) is 9.52 Å². The average Bonchev–Trinajstić information content (AvgIpc) is 2.62. The molecule has 1 aliphatic rings. The molecule has 0 bridgehead atoms. The Morgan fingerprint density at radius 3 is 2.89 bits per heavy atom. The number of rotatable bonds is 4. The molecule has 4 nitrogen and oxygen atoms in total. The van der Waals surface area contributed by atoms with Gasteiger partial charge < -0.3 is 9.52 Å². The Morgan fingerprint density at radius 2 is 2.16 bits per heavy atom. The van der Waals surface area contributed by atoms with Crippen molar-refractivity contribution >= 4 is 16.9 Å². The second kappa shape index (κ2) is 4.70. The summed E-state index contributed by atoms with van der Waals surface area (Å²) in [5.74, 6) is 0.563. The van der Waals surface area contributed by atoms with E-state index in [9.17, 15) is 4.79 Å². The summed E-state index contributed by atoms with van der Waals surface area (Å²) in [6.45, 7) is 4.57. The fourth-order valence-corrected chi connectivity index (χ4v) is 2.82. The van der Waals surface area contributed by atoms with E-state index in [0.29, 0.717) is 5.92 Å². The van der Waals surface area contributed by atoms with E-state index >= 15 is 0 Å². The second-order valence-electron chi connectivity index (χ2n) is 5.29. The number of aliphatic carboxylic acids is 1. The van der Waals surface area contributed by atoms with Crippen molar-refractivity contribution in [2.75, 3.05) is 13.1 Å². The second-order valence-corrected chi connectivity index (χ2v) is 5.29. The predicted octanol–water partition coefficient (Wildman–Crippen LogP) is 2.65. The number of hydrogen-bond acceptors (Lipinski definition) is 3. The first-order valence-corrected chi connectivity index (χ1v) is 6.54.